The molecule has 0 saturated heterocycles. The third kappa shape index (κ3) is 3.09. The van der Waals surface area contributed by atoms with Crippen LogP contribution in [0.2, 0.25) is 19.6 Å². The van der Waals surface area contributed by atoms with Gasteiger partial charge in [0.2, 0.25) is 8.32 Å². The van der Waals surface area contributed by atoms with Crippen molar-refractivity contribution in [1.82, 2.24) is 0 Å². The van der Waals surface area contributed by atoms with Crippen molar-refractivity contribution in [3.05, 3.63) is 29.8 Å². The maximum atomic E-state index is 5.82. The molecule has 0 unspecified atom stereocenters. The largest absolute Gasteiger partial charge is 0.544 e. The summed E-state index contributed by atoms with van der Waals surface area (Å²) < 4.78 is 5.82. The van der Waals surface area contributed by atoms with Gasteiger partial charge in [-0.25, -0.2) is 0 Å². The lowest BCUT2D eigenvalue weighted by molar-refractivity contribution is 0.557. The van der Waals surface area contributed by atoms with Gasteiger partial charge in [0.25, 0.3) is 0 Å². The van der Waals surface area contributed by atoms with Crippen LogP contribution in [-0.2, 0) is 0 Å². The van der Waals surface area contributed by atoms with Gasteiger partial charge in [-0.15, -0.1) is 0 Å². The Bertz CT molecular complexity index is 263. The Hall–Kier alpha value is -0.763. The molecule has 0 fully saturated rings. The molecule has 0 atom stereocenters. The van der Waals surface area contributed by atoms with E-state index < -0.39 is 8.32 Å². The summed E-state index contributed by atoms with van der Waals surface area (Å²) in [6.07, 6.45) is 0. The Morgan fingerprint density at radius 1 is 1.17 bits per heavy atom. The maximum Gasteiger partial charge on any atom is 0.242 e. The van der Waals surface area contributed by atoms with E-state index in [4.69, 9.17) is 4.43 Å². The molecule has 1 nitrogen and oxygen atoms in total. The fraction of sp³-hybridized carbons (Fsp3) is 0.400. The Balaban J connectivity index is 2.77. The van der Waals surface area contributed by atoms with Crippen molar-refractivity contribution in [1.29, 1.82) is 0 Å². The normalized spacial score (nSPS) is 11.3. The minimum absolute atomic E-state index is 1.01. The van der Waals surface area contributed by atoms with Crippen LogP contribution in [0.5, 0.6) is 5.75 Å². The fourth-order valence-electron chi connectivity index (χ4n) is 1.03. The van der Waals surface area contributed by atoms with Crippen LogP contribution in [0.3, 0.4) is 0 Å². The molecule has 0 heterocycles. The second-order valence-electron chi connectivity index (χ2n) is 4.03. The highest BCUT2D eigenvalue weighted by molar-refractivity contribution is 6.70. The van der Waals surface area contributed by atoms with Gasteiger partial charge < -0.3 is 4.43 Å². The number of hydrogen-bond acceptors (Lipinski definition) is 1. The van der Waals surface area contributed by atoms with Crippen molar-refractivity contribution in [3.63, 3.8) is 0 Å². The lowest BCUT2D eigenvalue weighted by Crippen LogP contribution is -2.29. The first-order chi connectivity index (χ1) is 5.47. The van der Waals surface area contributed by atoms with Crippen molar-refractivity contribution in [2.75, 3.05) is 0 Å². The van der Waals surface area contributed by atoms with E-state index in [1.54, 1.807) is 0 Å². The van der Waals surface area contributed by atoms with Crippen LogP contribution < -0.4 is 4.43 Å². The molecule has 0 bridgehead atoms. The van der Waals surface area contributed by atoms with Crippen LogP contribution in [0.25, 0.3) is 0 Å². The van der Waals surface area contributed by atoms with Gasteiger partial charge in [-0.3, -0.25) is 0 Å². The van der Waals surface area contributed by atoms with E-state index in [2.05, 4.69) is 38.7 Å². The first-order valence-corrected chi connectivity index (χ1v) is 7.64. The summed E-state index contributed by atoms with van der Waals surface area (Å²) in [6.45, 7) is 8.65. The Morgan fingerprint density at radius 3 is 2.33 bits per heavy atom. The molecule has 0 amide bonds. The van der Waals surface area contributed by atoms with Gasteiger partial charge in [-0.2, -0.15) is 0 Å². The monoisotopic (exact) mass is 180 g/mol. The molecule has 0 radical (unpaired) electrons. The first-order valence-electron chi connectivity index (χ1n) is 4.23. The molecule has 12 heavy (non-hydrogen) atoms. The molecular formula is C10H16OSi. The van der Waals surface area contributed by atoms with Gasteiger partial charge in [-0.1, -0.05) is 12.1 Å². The van der Waals surface area contributed by atoms with Gasteiger partial charge in [-0.05, 0) is 44.3 Å². The van der Waals surface area contributed by atoms with Crippen molar-refractivity contribution < 1.29 is 4.43 Å². The van der Waals surface area contributed by atoms with Gasteiger partial charge in [0.1, 0.15) is 5.75 Å². The molecule has 0 saturated carbocycles. The standard InChI is InChI=1S/C10H16OSi/c1-9-6-5-7-10(8-9)11-12(2,3)4/h5-8H,1-4H3. The summed E-state index contributed by atoms with van der Waals surface area (Å²) in [5.74, 6) is 1.01. The van der Waals surface area contributed by atoms with Crippen LogP contribution in [0, 0.1) is 6.92 Å². The zero-order chi connectivity index (χ0) is 9.19. The first kappa shape index (κ1) is 9.33. The lowest BCUT2D eigenvalue weighted by Gasteiger charge is -2.19. The summed E-state index contributed by atoms with van der Waals surface area (Å²) in [4.78, 5) is 0. The molecule has 1 aromatic carbocycles. The predicted octanol–water partition coefficient (Wildman–Crippen LogP) is 3.21. The van der Waals surface area contributed by atoms with Gasteiger partial charge >= 0.3 is 0 Å². The van der Waals surface area contributed by atoms with Crippen LogP contribution in [0.15, 0.2) is 24.3 Å². The zero-order valence-electron chi connectivity index (χ0n) is 8.22. The molecule has 0 aliphatic rings. The Labute approximate surface area is 75.5 Å². The van der Waals surface area contributed by atoms with E-state index in [0.29, 0.717) is 0 Å². The zero-order valence-corrected chi connectivity index (χ0v) is 9.22. The summed E-state index contributed by atoms with van der Waals surface area (Å²) >= 11 is 0. The number of hydrogen-bond donors (Lipinski definition) is 0. The minimum atomic E-state index is -1.42. The number of rotatable bonds is 2. The molecule has 0 aromatic heterocycles. The second kappa shape index (κ2) is 3.31. The summed E-state index contributed by atoms with van der Waals surface area (Å²) in [7, 11) is -1.42. The van der Waals surface area contributed by atoms with Crippen molar-refractivity contribution in [3.8, 4) is 5.75 Å². The van der Waals surface area contributed by atoms with Crippen LogP contribution in [-0.4, -0.2) is 8.32 Å². The van der Waals surface area contributed by atoms with Crippen molar-refractivity contribution in [2.24, 2.45) is 0 Å². The van der Waals surface area contributed by atoms with E-state index in [1.165, 1.54) is 5.56 Å². The van der Waals surface area contributed by atoms with E-state index in [0.717, 1.165) is 5.75 Å². The average Bonchev–Trinajstić information content (AvgIpc) is 1.82. The van der Waals surface area contributed by atoms with E-state index in [1.807, 2.05) is 12.1 Å². The Kier molecular flexibility index (Phi) is 2.57. The van der Waals surface area contributed by atoms with E-state index in [-0.39, 0.29) is 0 Å². The summed E-state index contributed by atoms with van der Waals surface area (Å²) in [5, 5.41) is 0. The smallest absolute Gasteiger partial charge is 0.242 e. The SMILES string of the molecule is Cc1cccc(O[Si](C)(C)C)c1. The highest BCUT2D eigenvalue weighted by Gasteiger charge is 2.15. The molecular weight excluding hydrogens is 164 g/mol. The highest BCUT2D eigenvalue weighted by Crippen LogP contribution is 2.16. The van der Waals surface area contributed by atoms with Gasteiger partial charge in [0.15, 0.2) is 0 Å². The topological polar surface area (TPSA) is 9.23 Å². The van der Waals surface area contributed by atoms with Crippen LogP contribution in [0.4, 0.5) is 0 Å². The molecule has 0 spiro atoms. The van der Waals surface area contributed by atoms with Gasteiger partial charge in [0, 0.05) is 0 Å². The molecule has 66 valence electrons. The van der Waals surface area contributed by atoms with Gasteiger partial charge in [0.05, 0.1) is 0 Å². The van der Waals surface area contributed by atoms with E-state index in [9.17, 15) is 0 Å². The molecule has 1 aromatic rings. The number of benzene rings is 1. The van der Waals surface area contributed by atoms with Crippen LogP contribution in [0.1, 0.15) is 5.56 Å². The molecule has 2 heteroatoms. The third-order valence-electron chi connectivity index (χ3n) is 1.41. The third-order valence-corrected chi connectivity index (χ3v) is 2.26. The highest BCUT2D eigenvalue weighted by atomic mass is 28.4. The Morgan fingerprint density at radius 2 is 1.83 bits per heavy atom. The van der Waals surface area contributed by atoms with Crippen molar-refractivity contribution in [2.45, 2.75) is 26.6 Å². The molecule has 0 aliphatic carbocycles. The van der Waals surface area contributed by atoms with Crippen LogP contribution >= 0.6 is 0 Å². The average molecular weight is 180 g/mol. The maximum absolute atomic E-state index is 5.82. The summed E-state index contributed by atoms with van der Waals surface area (Å²) in [5.41, 5.74) is 1.26. The van der Waals surface area contributed by atoms with Crippen molar-refractivity contribution >= 4 is 8.32 Å². The molecule has 0 aliphatic heterocycles. The lowest BCUT2D eigenvalue weighted by atomic mass is 10.2. The number of aryl methyl sites for hydroxylation is 1. The predicted molar refractivity (Wildman–Crippen MR) is 55.2 cm³/mol. The molecule has 0 N–H and O–H groups in total. The quantitative estimate of drug-likeness (QED) is 0.635. The molecule has 1 rings (SSSR count). The fourth-order valence-corrected chi connectivity index (χ4v) is 1.87. The van der Waals surface area contributed by atoms with E-state index >= 15 is 0 Å². The second-order valence-corrected chi connectivity index (χ2v) is 8.46. The summed E-state index contributed by atoms with van der Waals surface area (Å²) in [6, 6.07) is 8.21. The minimum Gasteiger partial charge on any atom is -0.544 e.